The molecule has 1 aliphatic carbocycles. The molecular weight excluding hydrogens is 380 g/mol. The lowest BCUT2D eigenvalue weighted by atomic mass is 9.83. The minimum absolute atomic E-state index is 0.0907. The van der Waals surface area contributed by atoms with E-state index < -0.39 is 6.10 Å². The van der Waals surface area contributed by atoms with Crippen LogP contribution in [0.1, 0.15) is 61.4 Å². The van der Waals surface area contributed by atoms with Crippen molar-refractivity contribution in [2.75, 3.05) is 0 Å². The Bertz CT molecular complexity index is 989. The fraction of sp³-hybridized carbons (Fsp3) is 0.409. The van der Waals surface area contributed by atoms with E-state index in [1.165, 1.54) is 18.6 Å². The third-order valence-electron chi connectivity index (χ3n) is 5.47. The van der Waals surface area contributed by atoms with E-state index in [2.05, 4.69) is 29.1 Å². The molecule has 2 N–H and O–H groups in total. The molecule has 30 heavy (non-hydrogen) atoms. The van der Waals surface area contributed by atoms with Gasteiger partial charge >= 0.3 is 0 Å². The summed E-state index contributed by atoms with van der Waals surface area (Å²) < 4.78 is 1.96. The summed E-state index contributed by atoms with van der Waals surface area (Å²) in [6.07, 6.45) is 5.78. The first-order chi connectivity index (χ1) is 14.5. The van der Waals surface area contributed by atoms with Gasteiger partial charge < -0.3 is 10.4 Å². The first-order valence-electron chi connectivity index (χ1n) is 10.3. The van der Waals surface area contributed by atoms with E-state index in [0.29, 0.717) is 18.7 Å². The van der Waals surface area contributed by atoms with Gasteiger partial charge in [0.05, 0.1) is 18.3 Å². The van der Waals surface area contributed by atoms with Crippen LogP contribution in [0.4, 0.5) is 0 Å². The number of carbonyl (C=O) groups excluding carboxylic acids is 1. The standard InChI is InChI=1S/C22H26N6O2/c1-14(2)28-21(26-20(27-28)15-6-4-3-5-7-15)16-8-9-19(29)17(12-16)25-22(30)18-13-23-10-11-24-18/h3-7,10-11,13-14,16-17,19,29H,8-9,12H2,1-2H3,(H,25,30)/t16-,17+,19+/m0/s1. The summed E-state index contributed by atoms with van der Waals surface area (Å²) in [6.45, 7) is 4.16. The summed E-state index contributed by atoms with van der Waals surface area (Å²) in [5, 5.41) is 18.2. The quantitative estimate of drug-likeness (QED) is 0.675. The Hall–Kier alpha value is -3.13. The second-order valence-corrected chi connectivity index (χ2v) is 7.95. The minimum Gasteiger partial charge on any atom is -0.391 e. The number of amides is 1. The van der Waals surface area contributed by atoms with Gasteiger partial charge in [-0.05, 0) is 33.1 Å². The maximum atomic E-state index is 12.5. The second kappa shape index (κ2) is 8.71. The Kier molecular flexibility index (Phi) is 5.85. The van der Waals surface area contributed by atoms with Gasteiger partial charge in [-0.2, -0.15) is 5.10 Å². The molecule has 0 radical (unpaired) electrons. The van der Waals surface area contributed by atoms with Crippen LogP contribution in [0, 0.1) is 0 Å². The summed E-state index contributed by atoms with van der Waals surface area (Å²) in [5.41, 5.74) is 1.21. The molecule has 0 unspecified atom stereocenters. The molecule has 1 saturated carbocycles. The highest BCUT2D eigenvalue weighted by atomic mass is 16.3. The maximum Gasteiger partial charge on any atom is 0.271 e. The van der Waals surface area contributed by atoms with Crippen LogP contribution in [-0.4, -0.2) is 47.9 Å². The van der Waals surface area contributed by atoms with E-state index in [1.54, 1.807) is 0 Å². The van der Waals surface area contributed by atoms with Crippen LogP contribution in [0.5, 0.6) is 0 Å². The number of aliphatic hydroxyl groups is 1. The first-order valence-corrected chi connectivity index (χ1v) is 10.3. The molecule has 0 bridgehead atoms. The number of nitrogens with zero attached hydrogens (tertiary/aromatic N) is 5. The zero-order chi connectivity index (χ0) is 21.1. The van der Waals surface area contributed by atoms with Crippen LogP contribution in [0.3, 0.4) is 0 Å². The average Bonchev–Trinajstić information content (AvgIpc) is 3.22. The van der Waals surface area contributed by atoms with Crippen LogP contribution < -0.4 is 5.32 Å². The third-order valence-corrected chi connectivity index (χ3v) is 5.47. The van der Waals surface area contributed by atoms with Gasteiger partial charge in [0.1, 0.15) is 11.5 Å². The number of hydrogen-bond donors (Lipinski definition) is 2. The number of rotatable bonds is 5. The highest BCUT2D eigenvalue weighted by Gasteiger charge is 2.34. The van der Waals surface area contributed by atoms with E-state index >= 15 is 0 Å². The van der Waals surface area contributed by atoms with E-state index in [-0.39, 0.29) is 29.6 Å². The molecule has 2 heterocycles. The normalized spacial score (nSPS) is 21.5. The predicted octanol–water partition coefficient (Wildman–Crippen LogP) is 2.74. The molecule has 0 aliphatic heterocycles. The van der Waals surface area contributed by atoms with Gasteiger partial charge in [-0.1, -0.05) is 30.3 Å². The van der Waals surface area contributed by atoms with Gasteiger partial charge in [-0.3, -0.25) is 9.78 Å². The van der Waals surface area contributed by atoms with Gasteiger partial charge in [-0.25, -0.2) is 14.6 Å². The van der Waals surface area contributed by atoms with Crippen molar-refractivity contribution in [1.29, 1.82) is 0 Å². The molecule has 1 amide bonds. The Labute approximate surface area is 175 Å². The molecule has 3 aromatic rings. The van der Waals surface area contributed by atoms with Gasteiger partial charge in [-0.15, -0.1) is 0 Å². The summed E-state index contributed by atoms with van der Waals surface area (Å²) in [6, 6.07) is 9.69. The number of aromatic nitrogens is 5. The van der Waals surface area contributed by atoms with Crippen LogP contribution in [0.2, 0.25) is 0 Å². The van der Waals surface area contributed by atoms with Crippen LogP contribution >= 0.6 is 0 Å². The third kappa shape index (κ3) is 4.23. The SMILES string of the molecule is CC(C)n1nc(-c2ccccc2)nc1[C@H]1CC[C@@H](O)[C@H](NC(=O)c2cnccn2)C1. The fourth-order valence-corrected chi connectivity index (χ4v) is 3.91. The van der Waals surface area contributed by atoms with Crippen LogP contribution in [0.25, 0.3) is 11.4 Å². The summed E-state index contributed by atoms with van der Waals surface area (Å²) in [4.78, 5) is 25.3. The summed E-state index contributed by atoms with van der Waals surface area (Å²) in [5.74, 6) is 1.36. The van der Waals surface area contributed by atoms with Crippen LogP contribution in [-0.2, 0) is 0 Å². The van der Waals surface area contributed by atoms with Crippen molar-refractivity contribution in [2.24, 2.45) is 0 Å². The molecule has 4 rings (SSSR count). The van der Waals surface area contributed by atoms with Gasteiger partial charge in [0.25, 0.3) is 5.91 Å². The zero-order valence-electron chi connectivity index (χ0n) is 17.1. The van der Waals surface area contributed by atoms with Crippen molar-refractivity contribution in [3.8, 4) is 11.4 Å². The lowest BCUT2D eigenvalue weighted by Gasteiger charge is -2.33. The average molecular weight is 406 g/mol. The maximum absolute atomic E-state index is 12.5. The van der Waals surface area contributed by atoms with Crippen molar-refractivity contribution in [1.82, 2.24) is 30.0 Å². The Morgan fingerprint density at radius 1 is 1.20 bits per heavy atom. The second-order valence-electron chi connectivity index (χ2n) is 7.95. The number of benzene rings is 1. The highest BCUT2D eigenvalue weighted by molar-refractivity contribution is 5.92. The molecule has 8 heteroatoms. The Morgan fingerprint density at radius 2 is 2.00 bits per heavy atom. The number of aliphatic hydroxyl groups excluding tert-OH is 1. The summed E-state index contributed by atoms with van der Waals surface area (Å²) >= 11 is 0. The van der Waals surface area contributed by atoms with Crippen molar-refractivity contribution < 1.29 is 9.90 Å². The van der Waals surface area contributed by atoms with Crippen LogP contribution in [0.15, 0.2) is 48.9 Å². The van der Waals surface area contributed by atoms with Crippen molar-refractivity contribution in [3.63, 3.8) is 0 Å². The van der Waals surface area contributed by atoms with Crippen molar-refractivity contribution in [3.05, 3.63) is 60.4 Å². The topological polar surface area (TPSA) is 106 Å². The molecule has 1 fully saturated rings. The molecule has 0 saturated heterocycles. The van der Waals surface area contributed by atoms with Gasteiger partial charge in [0.15, 0.2) is 5.82 Å². The van der Waals surface area contributed by atoms with Crippen molar-refractivity contribution in [2.45, 2.75) is 57.2 Å². The fourth-order valence-electron chi connectivity index (χ4n) is 3.91. The largest absolute Gasteiger partial charge is 0.391 e. The zero-order valence-corrected chi connectivity index (χ0v) is 17.1. The number of nitrogens with one attached hydrogen (secondary N) is 1. The van der Waals surface area contributed by atoms with Gasteiger partial charge in [0, 0.05) is 29.9 Å². The van der Waals surface area contributed by atoms with E-state index in [0.717, 1.165) is 17.8 Å². The van der Waals surface area contributed by atoms with E-state index in [1.807, 2.05) is 35.0 Å². The number of hydrogen-bond acceptors (Lipinski definition) is 6. The monoisotopic (exact) mass is 406 g/mol. The molecule has 156 valence electrons. The van der Waals surface area contributed by atoms with Gasteiger partial charge in [0.2, 0.25) is 0 Å². The lowest BCUT2D eigenvalue weighted by molar-refractivity contribution is 0.0664. The molecule has 8 nitrogen and oxygen atoms in total. The van der Waals surface area contributed by atoms with E-state index in [4.69, 9.17) is 10.1 Å². The highest BCUT2D eigenvalue weighted by Crippen LogP contribution is 2.34. The lowest BCUT2D eigenvalue weighted by Crippen LogP contribution is -2.47. The Balaban J connectivity index is 1.56. The molecule has 1 aliphatic rings. The number of carbonyl (C=O) groups is 1. The molecule has 0 spiro atoms. The van der Waals surface area contributed by atoms with Crippen molar-refractivity contribution >= 4 is 5.91 Å². The molecule has 2 aromatic heterocycles. The molecule has 3 atom stereocenters. The van der Waals surface area contributed by atoms with E-state index in [9.17, 15) is 9.90 Å². The first kappa shape index (κ1) is 20.2. The summed E-state index contributed by atoms with van der Waals surface area (Å²) in [7, 11) is 0. The smallest absolute Gasteiger partial charge is 0.271 e. The Morgan fingerprint density at radius 3 is 2.70 bits per heavy atom. The predicted molar refractivity (Wildman–Crippen MR) is 112 cm³/mol. The molecular formula is C22H26N6O2. The minimum atomic E-state index is -0.606. The molecule has 1 aromatic carbocycles.